The monoisotopic (exact) mass is 233 g/mol. The molecule has 0 saturated carbocycles. The highest BCUT2D eigenvalue weighted by atomic mass is 16.3. The molecule has 1 unspecified atom stereocenters. The van der Waals surface area contributed by atoms with Gasteiger partial charge in [0, 0.05) is 18.8 Å². The standard InChI is InChI=1S/C12H15N3O2/c1-8(6-16)5-15-7-14-11-3-2-9(13)4-10(11)12(15)17/h2-4,7-8,16H,5-6,13H2,1H3. The zero-order valence-electron chi connectivity index (χ0n) is 9.63. The predicted octanol–water partition coefficient (Wildman–Crippen LogP) is 0.607. The fraction of sp³-hybridized carbons (Fsp3) is 0.333. The van der Waals surface area contributed by atoms with Crippen LogP contribution in [0.25, 0.3) is 10.9 Å². The molecule has 17 heavy (non-hydrogen) atoms. The van der Waals surface area contributed by atoms with Crippen LogP contribution in [-0.2, 0) is 6.54 Å². The lowest BCUT2D eigenvalue weighted by atomic mass is 10.2. The Kier molecular flexibility index (Phi) is 3.10. The first-order chi connectivity index (χ1) is 8.11. The lowest BCUT2D eigenvalue weighted by Crippen LogP contribution is -2.24. The molecule has 5 nitrogen and oxygen atoms in total. The molecule has 0 amide bonds. The van der Waals surface area contributed by atoms with Gasteiger partial charge >= 0.3 is 0 Å². The van der Waals surface area contributed by atoms with Crippen LogP contribution in [0.15, 0.2) is 29.3 Å². The lowest BCUT2D eigenvalue weighted by molar-refractivity contribution is 0.221. The first-order valence-electron chi connectivity index (χ1n) is 5.47. The molecule has 1 heterocycles. The molecule has 0 aliphatic carbocycles. The maximum atomic E-state index is 12.1. The van der Waals surface area contributed by atoms with E-state index < -0.39 is 0 Å². The summed E-state index contributed by atoms with van der Waals surface area (Å²) in [5.41, 5.74) is 6.71. The van der Waals surface area contributed by atoms with Gasteiger partial charge in [-0.3, -0.25) is 9.36 Å². The Balaban J connectivity index is 2.53. The van der Waals surface area contributed by atoms with Gasteiger partial charge in [0.2, 0.25) is 0 Å². The van der Waals surface area contributed by atoms with E-state index in [0.717, 1.165) is 0 Å². The second-order valence-corrected chi connectivity index (χ2v) is 4.27. The molecule has 0 bridgehead atoms. The smallest absolute Gasteiger partial charge is 0.261 e. The van der Waals surface area contributed by atoms with E-state index in [-0.39, 0.29) is 18.1 Å². The number of aliphatic hydroxyl groups excluding tert-OH is 1. The second-order valence-electron chi connectivity index (χ2n) is 4.27. The SMILES string of the molecule is CC(CO)Cn1cnc2ccc(N)cc2c1=O. The first-order valence-corrected chi connectivity index (χ1v) is 5.47. The Morgan fingerprint density at radius 2 is 2.29 bits per heavy atom. The van der Waals surface area contributed by atoms with Crippen molar-refractivity contribution in [3.63, 3.8) is 0 Å². The summed E-state index contributed by atoms with van der Waals surface area (Å²) < 4.78 is 1.50. The predicted molar refractivity (Wildman–Crippen MR) is 66.7 cm³/mol. The molecule has 0 aliphatic heterocycles. The molecule has 0 aliphatic rings. The Morgan fingerprint density at radius 3 is 3.00 bits per heavy atom. The molecule has 1 aromatic heterocycles. The minimum Gasteiger partial charge on any atom is -0.399 e. The van der Waals surface area contributed by atoms with Crippen LogP contribution < -0.4 is 11.3 Å². The minimum atomic E-state index is -0.123. The van der Waals surface area contributed by atoms with Crippen LogP contribution in [0, 0.1) is 5.92 Å². The van der Waals surface area contributed by atoms with Crippen molar-refractivity contribution in [3.8, 4) is 0 Å². The van der Waals surface area contributed by atoms with E-state index in [1.807, 2.05) is 6.92 Å². The van der Waals surface area contributed by atoms with Crippen molar-refractivity contribution in [1.82, 2.24) is 9.55 Å². The van der Waals surface area contributed by atoms with E-state index >= 15 is 0 Å². The van der Waals surface area contributed by atoms with E-state index in [1.54, 1.807) is 18.2 Å². The van der Waals surface area contributed by atoms with Gasteiger partial charge in [-0.25, -0.2) is 4.98 Å². The number of aromatic nitrogens is 2. The zero-order chi connectivity index (χ0) is 12.4. The molecular formula is C12H15N3O2. The third kappa shape index (κ3) is 2.29. The molecule has 1 aromatic carbocycles. The van der Waals surface area contributed by atoms with Crippen LogP contribution in [0.3, 0.4) is 0 Å². The van der Waals surface area contributed by atoms with Gasteiger partial charge in [0.15, 0.2) is 0 Å². The summed E-state index contributed by atoms with van der Waals surface area (Å²) in [7, 11) is 0. The number of hydrogen-bond donors (Lipinski definition) is 2. The third-order valence-electron chi connectivity index (χ3n) is 2.67. The quantitative estimate of drug-likeness (QED) is 0.761. The van der Waals surface area contributed by atoms with E-state index in [1.165, 1.54) is 10.9 Å². The molecule has 2 aromatic rings. The van der Waals surface area contributed by atoms with Crippen molar-refractivity contribution < 1.29 is 5.11 Å². The van der Waals surface area contributed by atoms with Gasteiger partial charge in [-0.2, -0.15) is 0 Å². The number of benzene rings is 1. The van der Waals surface area contributed by atoms with Crippen LogP contribution in [0.1, 0.15) is 6.92 Å². The first kappa shape index (κ1) is 11.6. The molecule has 5 heteroatoms. The highest BCUT2D eigenvalue weighted by Crippen LogP contribution is 2.11. The number of fused-ring (bicyclic) bond motifs is 1. The van der Waals surface area contributed by atoms with Crippen molar-refractivity contribution in [2.24, 2.45) is 5.92 Å². The molecule has 90 valence electrons. The van der Waals surface area contributed by atoms with Gasteiger partial charge in [0.1, 0.15) is 0 Å². The summed E-state index contributed by atoms with van der Waals surface area (Å²) in [6.45, 7) is 2.37. The highest BCUT2D eigenvalue weighted by molar-refractivity contribution is 5.80. The third-order valence-corrected chi connectivity index (χ3v) is 2.67. The molecule has 1 atom stereocenters. The minimum absolute atomic E-state index is 0.0213. The maximum Gasteiger partial charge on any atom is 0.261 e. The van der Waals surface area contributed by atoms with Crippen molar-refractivity contribution >= 4 is 16.6 Å². The summed E-state index contributed by atoms with van der Waals surface area (Å²) >= 11 is 0. The molecule has 0 spiro atoms. The van der Waals surface area contributed by atoms with Crippen LogP contribution in [0.2, 0.25) is 0 Å². The highest BCUT2D eigenvalue weighted by Gasteiger charge is 2.07. The number of anilines is 1. The van der Waals surface area contributed by atoms with Crippen molar-refractivity contribution in [1.29, 1.82) is 0 Å². The second kappa shape index (κ2) is 4.55. The van der Waals surface area contributed by atoms with Crippen LogP contribution in [0.5, 0.6) is 0 Å². The molecule has 3 N–H and O–H groups in total. The van der Waals surface area contributed by atoms with Gasteiger partial charge in [-0.15, -0.1) is 0 Å². The Hall–Kier alpha value is -1.88. The van der Waals surface area contributed by atoms with Crippen molar-refractivity contribution in [3.05, 3.63) is 34.9 Å². The van der Waals surface area contributed by atoms with Crippen molar-refractivity contribution in [2.45, 2.75) is 13.5 Å². The average Bonchev–Trinajstić information content (AvgIpc) is 2.33. The molecule has 2 rings (SSSR count). The van der Waals surface area contributed by atoms with E-state index in [0.29, 0.717) is 23.1 Å². The van der Waals surface area contributed by atoms with Gasteiger partial charge in [0.05, 0.1) is 17.2 Å². The average molecular weight is 233 g/mol. The van der Waals surface area contributed by atoms with Gasteiger partial charge in [-0.05, 0) is 24.1 Å². The Bertz CT molecular complexity index is 592. The summed E-state index contributed by atoms with van der Waals surface area (Å²) in [5.74, 6) is 0.0213. The van der Waals surface area contributed by atoms with E-state index in [4.69, 9.17) is 10.8 Å². The fourth-order valence-electron chi connectivity index (χ4n) is 1.70. The van der Waals surface area contributed by atoms with Crippen LogP contribution in [-0.4, -0.2) is 21.3 Å². The molecular weight excluding hydrogens is 218 g/mol. The fourth-order valence-corrected chi connectivity index (χ4v) is 1.70. The maximum absolute atomic E-state index is 12.1. The summed E-state index contributed by atoms with van der Waals surface area (Å²) in [6.07, 6.45) is 1.51. The summed E-state index contributed by atoms with van der Waals surface area (Å²) in [6, 6.07) is 5.08. The largest absolute Gasteiger partial charge is 0.399 e. The lowest BCUT2D eigenvalue weighted by Gasteiger charge is -2.10. The number of nitrogens with two attached hydrogens (primary N) is 1. The Labute approximate surface area is 98.5 Å². The van der Waals surface area contributed by atoms with Gasteiger partial charge < -0.3 is 10.8 Å². The normalized spacial score (nSPS) is 12.8. The Morgan fingerprint density at radius 1 is 1.53 bits per heavy atom. The van der Waals surface area contributed by atoms with Crippen molar-refractivity contribution in [2.75, 3.05) is 12.3 Å². The molecule has 0 radical (unpaired) electrons. The molecule has 0 saturated heterocycles. The summed E-state index contributed by atoms with van der Waals surface area (Å²) in [5, 5.41) is 9.50. The number of nitrogen functional groups attached to an aromatic ring is 1. The van der Waals surface area contributed by atoms with E-state index in [9.17, 15) is 4.79 Å². The van der Waals surface area contributed by atoms with Crippen LogP contribution >= 0.6 is 0 Å². The number of hydrogen-bond acceptors (Lipinski definition) is 4. The van der Waals surface area contributed by atoms with Gasteiger partial charge in [0.25, 0.3) is 5.56 Å². The number of nitrogens with zero attached hydrogens (tertiary/aromatic N) is 2. The molecule has 0 fully saturated rings. The number of rotatable bonds is 3. The number of aliphatic hydroxyl groups is 1. The summed E-state index contributed by atoms with van der Waals surface area (Å²) in [4.78, 5) is 16.3. The topological polar surface area (TPSA) is 81.1 Å². The zero-order valence-corrected chi connectivity index (χ0v) is 9.63. The van der Waals surface area contributed by atoms with E-state index in [2.05, 4.69) is 4.98 Å². The van der Waals surface area contributed by atoms with Gasteiger partial charge in [-0.1, -0.05) is 6.92 Å². The van der Waals surface area contributed by atoms with Crippen LogP contribution in [0.4, 0.5) is 5.69 Å².